The maximum Gasteiger partial charge on any atom is 0.573 e. The molecule has 0 aliphatic heterocycles. The van der Waals surface area contributed by atoms with Crippen molar-refractivity contribution in [1.29, 1.82) is 0 Å². The second kappa shape index (κ2) is 10.6. The van der Waals surface area contributed by atoms with Gasteiger partial charge in [-0.3, -0.25) is 4.79 Å². The Balaban J connectivity index is 1.85. The summed E-state index contributed by atoms with van der Waals surface area (Å²) in [5, 5.41) is 2.56. The van der Waals surface area contributed by atoms with E-state index in [9.17, 15) is 27.6 Å². The van der Waals surface area contributed by atoms with Crippen molar-refractivity contribution in [2.24, 2.45) is 0 Å². The molecule has 1 amide bonds. The number of amides is 1. The zero-order valence-electron chi connectivity index (χ0n) is 18.3. The molecule has 0 aliphatic carbocycles. The van der Waals surface area contributed by atoms with Crippen LogP contribution in [0.1, 0.15) is 31.1 Å². The van der Waals surface area contributed by atoms with Crippen LogP contribution in [0.15, 0.2) is 66.7 Å². The van der Waals surface area contributed by atoms with E-state index in [2.05, 4.69) is 14.8 Å². The third kappa shape index (κ3) is 6.50. The SMILES string of the molecule is COC(=O)c1ccc(Oc2ccccc2NC(=O)c2cccc(OC(F)(F)F)c2)cc1C(=O)OC. The standard InChI is InChI=1S/C24H18F3NO7/c1-32-22(30)17-11-10-15(13-18(17)23(31)33-2)34-20-9-4-3-8-19(20)28-21(29)14-6-5-7-16(12-14)35-24(25,26)27/h3-13H,1-2H3,(H,28,29). The number of nitrogens with one attached hydrogen (secondary N) is 1. The summed E-state index contributed by atoms with van der Waals surface area (Å²) in [5.74, 6) is -2.51. The Labute approximate surface area is 197 Å². The number of hydrogen-bond acceptors (Lipinski definition) is 7. The second-order valence-electron chi connectivity index (χ2n) is 6.82. The van der Waals surface area contributed by atoms with Gasteiger partial charge in [0.2, 0.25) is 0 Å². The van der Waals surface area contributed by atoms with Crippen LogP contribution in [0.3, 0.4) is 0 Å². The Hall–Kier alpha value is -4.54. The molecule has 3 aromatic rings. The fraction of sp³-hybridized carbons (Fsp3) is 0.125. The van der Waals surface area contributed by atoms with Crippen molar-refractivity contribution in [3.05, 3.63) is 83.4 Å². The first kappa shape index (κ1) is 25.1. The number of hydrogen-bond donors (Lipinski definition) is 1. The minimum Gasteiger partial charge on any atom is -0.465 e. The third-order valence-corrected chi connectivity index (χ3v) is 4.49. The number of halogens is 3. The van der Waals surface area contributed by atoms with Gasteiger partial charge in [-0.1, -0.05) is 18.2 Å². The summed E-state index contributed by atoms with van der Waals surface area (Å²) >= 11 is 0. The number of benzene rings is 3. The summed E-state index contributed by atoms with van der Waals surface area (Å²) in [5.41, 5.74) is -0.0256. The largest absolute Gasteiger partial charge is 0.573 e. The van der Waals surface area contributed by atoms with E-state index in [-0.39, 0.29) is 33.9 Å². The fourth-order valence-electron chi connectivity index (χ4n) is 2.97. The Bertz CT molecular complexity index is 1260. The van der Waals surface area contributed by atoms with Crippen molar-refractivity contribution >= 4 is 23.5 Å². The summed E-state index contributed by atoms with van der Waals surface area (Å²) < 4.78 is 56.4. The number of alkyl halides is 3. The van der Waals surface area contributed by atoms with Crippen LogP contribution in [0.2, 0.25) is 0 Å². The van der Waals surface area contributed by atoms with Crippen LogP contribution < -0.4 is 14.8 Å². The van der Waals surface area contributed by atoms with Gasteiger partial charge in [0, 0.05) is 5.56 Å². The lowest BCUT2D eigenvalue weighted by atomic mass is 10.1. The number of carbonyl (C=O) groups is 3. The zero-order chi connectivity index (χ0) is 25.6. The molecule has 3 rings (SSSR count). The maximum atomic E-state index is 12.7. The molecular weight excluding hydrogens is 471 g/mol. The average molecular weight is 489 g/mol. The lowest BCUT2D eigenvalue weighted by Crippen LogP contribution is -2.18. The molecular formula is C24H18F3NO7. The highest BCUT2D eigenvalue weighted by Crippen LogP contribution is 2.31. The van der Waals surface area contributed by atoms with E-state index in [1.807, 2.05) is 0 Å². The van der Waals surface area contributed by atoms with Crippen molar-refractivity contribution in [3.8, 4) is 17.2 Å². The zero-order valence-corrected chi connectivity index (χ0v) is 18.3. The molecule has 3 aromatic carbocycles. The van der Waals surface area contributed by atoms with Crippen LogP contribution in [0.5, 0.6) is 17.2 Å². The minimum atomic E-state index is -4.90. The van der Waals surface area contributed by atoms with E-state index in [4.69, 9.17) is 9.47 Å². The van der Waals surface area contributed by atoms with E-state index in [0.29, 0.717) is 0 Å². The number of rotatable bonds is 7. The van der Waals surface area contributed by atoms with E-state index in [1.165, 1.54) is 42.5 Å². The van der Waals surface area contributed by atoms with E-state index < -0.39 is 30.0 Å². The first-order valence-electron chi connectivity index (χ1n) is 9.86. The number of carbonyl (C=O) groups excluding carboxylic acids is 3. The summed E-state index contributed by atoms with van der Waals surface area (Å²) in [6, 6.07) is 14.8. The van der Waals surface area contributed by atoms with Gasteiger partial charge in [-0.05, 0) is 48.5 Å². The summed E-state index contributed by atoms with van der Waals surface area (Å²) in [7, 11) is 2.31. The van der Waals surface area contributed by atoms with Crippen molar-refractivity contribution in [2.45, 2.75) is 6.36 Å². The van der Waals surface area contributed by atoms with Gasteiger partial charge in [0.25, 0.3) is 5.91 Å². The Kier molecular flexibility index (Phi) is 7.59. The highest BCUT2D eigenvalue weighted by molar-refractivity contribution is 6.05. The summed E-state index contributed by atoms with van der Waals surface area (Å²) in [6.07, 6.45) is -4.90. The van der Waals surface area contributed by atoms with Crippen LogP contribution in [0.4, 0.5) is 18.9 Å². The minimum absolute atomic E-state index is 0.0331. The van der Waals surface area contributed by atoms with E-state index in [1.54, 1.807) is 12.1 Å². The Morgan fingerprint density at radius 2 is 1.46 bits per heavy atom. The predicted octanol–water partition coefficient (Wildman–Crippen LogP) is 5.20. The molecule has 0 atom stereocenters. The third-order valence-electron chi connectivity index (χ3n) is 4.49. The normalized spacial score (nSPS) is 10.8. The highest BCUT2D eigenvalue weighted by atomic mass is 19.4. The lowest BCUT2D eigenvalue weighted by molar-refractivity contribution is -0.274. The first-order chi connectivity index (χ1) is 16.6. The molecule has 0 saturated heterocycles. The number of anilines is 1. The van der Waals surface area contributed by atoms with Crippen LogP contribution in [-0.2, 0) is 9.47 Å². The molecule has 11 heteroatoms. The van der Waals surface area contributed by atoms with Gasteiger partial charge >= 0.3 is 18.3 Å². The molecule has 0 radical (unpaired) electrons. The molecule has 1 N–H and O–H groups in total. The topological polar surface area (TPSA) is 100 Å². The van der Waals surface area contributed by atoms with Crippen LogP contribution in [0.25, 0.3) is 0 Å². The van der Waals surface area contributed by atoms with E-state index >= 15 is 0 Å². The van der Waals surface area contributed by atoms with Gasteiger partial charge in [-0.25, -0.2) is 9.59 Å². The van der Waals surface area contributed by atoms with Gasteiger partial charge in [-0.15, -0.1) is 13.2 Å². The lowest BCUT2D eigenvalue weighted by Gasteiger charge is -2.14. The molecule has 35 heavy (non-hydrogen) atoms. The van der Waals surface area contributed by atoms with Gasteiger partial charge in [0.1, 0.15) is 11.5 Å². The quantitative estimate of drug-likeness (QED) is 0.455. The summed E-state index contributed by atoms with van der Waals surface area (Å²) in [6.45, 7) is 0. The maximum absolute atomic E-state index is 12.7. The number of ether oxygens (including phenoxy) is 4. The van der Waals surface area contributed by atoms with Crippen LogP contribution in [0, 0.1) is 0 Å². The smallest absolute Gasteiger partial charge is 0.465 e. The highest BCUT2D eigenvalue weighted by Gasteiger charge is 2.31. The van der Waals surface area contributed by atoms with Crippen molar-refractivity contribution in [3.63, 3.8) is 0 Å². The van der Waals surface area contributed by atoms with Crippen molar-refractivity contribution in [2.75, 3.05) is 19.5 Å². The Morgan fingerprint density at radius 1 is 0.771 bits per heavy atom. The van der Waals surface area contributed by atoms with Crippen LogP contribution >= 0.6 is 0 Å². The second-order valence-corrected chi connectivity index (χ2v) is 6.82. The average Bonchev–Trinajstić information content (AvgIpc) is 2.83. The molecule has 0 aliphatic rings. The molecule has 182 valence electrons. The number of para-hydroxylation sites is 2. The van der Waals surface area contributed by atoms with Gasteiger partial charge in [-0.2, -0.15) is 0 Å². The molecule has 0 spiro atoms. The van der Waals surface area contributed by atoms with E-state index in [0.717, 1.165) is 26.4 Å². The van der Waals surface area contributed by atoms with Crippen molar-refractivity contribution < 1.29 is 46.5 Å². The number of methoxy groups -OCH3 is 2. The van der Waals surface area contributed by atoms with Gasteiger partial charge < -0.3 is 24.3 Å². The first-order valence-corrected chi connectivity index (χ1v) is 9.86. The molecule has 0 unspecified atom stereocenters. The Morgan fingerprint density at radius 3 is 2.14 bits per heavy atom. The molecule has 0 saturated carbocycles. The van der Waals surface area contributed by atoms with Gasteiger partial charge in [0.05, 0.1) is 31.0 Å². The molecule has 0 bridgehead atoms. The molecule has 0 heterocycles. The van der Waals surface area contributed by atoms with Gasteiger partial charge in [0.15, 0.2) is 5.75 Å². The summed E-state index contributed by atoms with van der Waals surface area (Å²) in [4.78, 5) is 36.7. The van der Waals surface area contributed by atoms with Crippen LogP contribution in [-0.4, -0.2) is 38.4 Å². The molecule has 0 aromatic heterocycles. The number of esters is 2. The predicted molar refractivity (Wildman–Crippen MR) is 117 cm³/mol. The monoisotopic (exact) mass is 489 g/mol. The van der Waals surface area contributed by atoms with Crippen molar-refractivity contribution in [1.82, 2.24) is 0 Å². The molecule has 8 nitrogen and oxygen atoms in total. The fourth-order valence-corrected chi connectivity index (χ4v) is 2.97. The molecule has 0 fully saturated rings.